The van der Waals surface area contributed by atoms with Gasteiger partial charge in [-0.2, -0.15) is 0 Å². The van der Waals surface area contributed by atoms with Gasteiger partial charge < -0.3 is 10.1 Å². The molecule has 1 amide bonds. The topological polar surface area (TPSA) is 75.7 Å². The summed E-state index contributed by atoms with van der Waals surface area (Å²) in [6.07, 6.45) is 2.82. The normalized spacial score (nSPS) is 11.2. The molecule has 0 aliphatic heterocycles. The van der Waals surface area contributed by atoms with E-state index in [-0.39, 0.29) is 12.5 Å². The molecule has 0 spiro atoms. The van der Waals surface area contributed by atoms with Crippen LogP contribution in [0.1, 0.15) is 46.0 Å². The molecule has 0 unspecified atom stereocenters. The second-order valence-corrected chi connectivity index (χ2v) is 10.5. The largest absolute Gasteiger partial charge is 0.494 e. The van der Waals surface area contributed by atoms with Crippen LogP contribution in [0.3, 0.4) is 0 Å². The first-order valence-electron chi connectivity index (χ1n) is 11.8. The van der Waals surface area contributed by atoms with Crippen LogP contribution in [0.5, 0.6) is 5.75 Å². The lowest BCUT2D eigenvalue weighted by Gasteiger charge is -2.23. The van der Waals surface area contributed by atoms with Gasteiger partial charge in [-0.15, -0.1) is 0 Å². The molecule has 7 heteroatoms. The quantitative estimate of drug-likeness (QED) is 0.379. The maximum Gasteiger partial charge on any atom is 0.251 e. The molecule has 0 saturated carbocycles. The molecular weight excluding hydrogens is 460 g/mol. The third-order valence-electron chi connectivity index (χ3n) is 5.90. The Morgan fingerprint density at radius 3 is 2.34 bits per heavy atom. The molecule has 35 heavy (non-hydrogen) atoms. The molecule has 0 aromatic heterocycles. The molecule has 0 fully saturated rings. The number of hydrogen-bond acceptors (Lipinski definition) is 4. The number of rotatable bonds is 11. The van der Waals surface area contributed by atoms with E-state index in [4.69, 9.17) is 4.74 Å². The Hall–Kier alpha value is -3.32. The molecule has 0 aliphatic carbocycles. The van der Waals surface area contributed by atoms with Crippen LogP contribution in [0.15, 0.2) is 66.7 Å². The summed E-state index contributed by atoms with van der Waals surface area (Å²) in [6, 6.07) is 20.6. The van der Waals surface area contributed by atoms with Crippen LogP contribution in [-0.2, 0) is 23.0 Å². The molecule has 1 N–H and O–H groups in total. The molecule has 0 heterocycles. The van der Waals surface area contributed by atoms with Crippen molar-refractivity contribution in [1.29, 1.82) is 0 Å². The fourth-order valence-corrected chi connectivity index (χ4v) is 4.68. The van der Waals surface area contributed by atoms with Gasteiger partial charge in [0, 0.05) is 12.1 Å². The van der Waals surface area contributed by atoms with Gasteiger partial charge in [-0.25, -0.2) is 8.42 Å². The first-order chi connectivity index (χ1) is 16.7. The lowest BCUT2D eigenvalue weighted by molar-refractivity contribution is 0.0953. The molecular formula is C28H34N2O4S. The Morgan fingerprint density at radius 1 is 0.971 bits per heavy atom. The molecule has 0 atom stereocenters. The summed E-state index contributed by atoms with van der Waals surface area (Å²) in [6.45, 7) is 7.29. The molecule has 3 aromatic carbocycles. The van der Waals surface area contributed by atoms with Gasteiger partial charge in [-0.05, 0) is 86.2 Å². The Morgan fingerprint density at radius 2 is 1.69 bits per heavy atom. The monoisotopic (exact) mass is 494 g/mol. The van der Waals surface area contributed by atoms with E-state index in [0.29, 0.717) is 24.4 Å². The second kappa shape index (κ2) is 11.9. The smallest absolute Gasteiger partial charge is 0.251 e. The number of nitrogens with zero attached hydrogens (tertiary/aromatic N) is 1. The predicted octanol–water partition coefficient (Wildman–Crippen LogP) is 5.03. The summed E-state index contributed by atoms with van der Waals surface area (Å²) < 4.78 is 32.0. The van der Waals surface area contributed by atoms with Crippen molar-refractivity contribution in [2.75, 3.05) is 23.7 Å². The Bertz CT molecular complexity index is 1250. The van der Waals surface area contributed by atoms with Crippen molar-refractivity contribution < 1.29 is 17.9 Å². The zero-order valence-electron chi connectivity index (χ0n) is 20.9. The van der Waals surface area contributed by atoms with E-state index < -0.39 is 10.0 Å². The third kappa shape index (κ3) is 7.33. The van der Waals surface area contributed by atoms with Crippen LogP contribution in [0.2, 0.25) is 0 Å². The Labute approximate surface area is 209 Å². The first-order valence-corrected chi connectivity index (χ1v) is 13.7. The van der Waals surface area contributed by atoms with Crippen molar-refractivity contribution >= 4 is 21.6 Å². The standard InChI is InChI=1S/C28H34N2O4S/c1-5-34-27-11-7-6-9-24(27)10-8-18-29-28(31)25-15-13-23(14-16-25)20-30(35(4,32)33)26-17-12-21(2)22(3)19-26/h6-7,9,11-17,19H,5,8,10,18,20H2,1-4H3,(H,29,31). The minimum absolute atomic E-state index is 0.149. The number of carbonyl (C=O) groups is 1. The van der Waals surface area contributed by atoms with Gasteiger partial charge in [0.2, 0.25) is 10.0 Å². The van der Waals surface area contributed by atoms with E-state index in [9.17, 15) is 13.2 Å². The second-order valence-electron chi connectivity index (χ2n) is 8.64. The highest BCUT2D eigenvalue weighted by molar-refractivity contribution is 7.92. The molecule has 0 radical (unpaired) electrons. The number of ether oxygens (including phenoxy) is 1. The van der Waals surface area contributed by atoms with Crippen molar-refractivity contribution in [2.45, 2.75) is 40.2 Å². The van der Waals surface area contributed by atoms with Crippen molar-refractivity contribution in [3.63, 3.8) is 0 Å². The minimum Gasteiger partial charge on any atom is -0.494 e. The van der Waals surface area contributed by atoms with E-state index in [1.165, 1.54) is 10.6 Å². The number of aryl methyl sites for hydroxylation is 3. The number of sulfonamides is 1. The van der Waals surface area contributed by atoms with Crippen molar-refractivity contribution in [2.24, 2.45) is 0 Å². The molecule has 0 saturated heterocycles. The number of hydrogen-bond donors (Lipinski definition) is 1. The van der Waals surface area contributed by atoms with Crippen molar-refractivity contribution in [3.8, 4) is 5.75 Å². The summed E-state index contributed by atoms with van der Waals surface area (Å²) in [4.78, 5) is 12.6. The molecule has 3 aromatic rings. The summed E-state index contributed by atoms with van der Waals surface area (Å²) in [5.41, 5.74) is 5.24. The zero-order valence-corrected chi connectivity index (χ0v) is 21.7. The highest BCUT2D eigenvalue weighted by atomic mass is 32.2. The van der Waals surface area contributed by atoms with E-state index in [0.717, 1.165) is 40.8 Å². The SMILES string of the molecule is CCOc1ccccc1CCCNC(=O)c1ccc(CN(c2ccc(C)c(C)c2)S(C)(=O)=O)cc1. The van der Waals surface area contributed by atoms with E-state index in [2.05, 4.69) is 5.32 Å². The lowest BCUT2D eigenvalue weighted by atomic mass is 10.1. The van der Waals surface area contributed by atoms with Crippen LogP contribution in [-0.4, -0.2) is 33.7 Å². The fourth-order valence-electron chi connectivity index (χ4n) is 3.80. The highest BCUT2D eigenvalue weighted by Crippen LogP contribution is 2.24. The molecule has 0 bridgehead atoms. The number of nitrogens with one attached hydrogen (secondary N) is 1. The number of benzene rings is 3. The lowest BCUT2D eigenvalue weighted by Crippen LogP contribution is -2.29. The van der Waals surface area contributed by atoms with Crippen LogP contribution in [0.25, 0.3) is 0 Å². The Balaban J connectivity index is 1.58. The van der Waals surface area contributed by atoms with Gasteiger partial charge in [0.1, 0.15) is 5.75 Å². The summed E-state index contributed by atoms with van der Waals surface area (Å²) in [5, 5.41) is 2.96. The summed E-state index contributed by atoms with van der Waals surface area (Å²) >= 11 is 0. The molecule has 0 aliphatic rings. The average Bonchev–Trinajstić information content (AvgIpc) is 2.83. The molecule has 3 rings (SSSR count). The van der Waals surface area contributed by atoms with Gasteiger partial charge in [0.05, 0.1) is 25.1 Å². The van der Waals surface area contributed by atoms with Gasteiger partial charge in [0.15, 0.2) is 0 Å². The summed E-state index contributed by atoms with van der Waals surface area (Å²) in [7, 11) is -3.47. The van der Waals surface area contributed by atoms with Crippen LogP contribution in [0, 0.1) is 13.8 Å². The third-order valence-corrected chi connectivity index (χ3v) is 7.04. The maximum absolute atomic E-state index is 12.6. The number of carbonyl (C=O) groups excluding carboxylic acids is 1. The van der Waals surface area contributed by atoms with E-state index in [1.807, 2.05) is 63.2 Å². The van der Waals surface area contributed by atoms with Gasteiger partial charge >= 0.3 is 0 Å². The Kier molecular flexibility index (Phi) is 8.93. The van der Waals surface area contributed by atoms with Gasteiger partial charge in [-0.1, -0.05) is 36.4 Å². The number of para-hydroxylation sites is 1. The minimum atomic E-state index is -3.47. The van der Waals surface area contributed by atoms with E-state index >= 15 is 0 Å². The van der Waals surface area contributed by atoms with Gasteiger partial charge in [0.25, 0.3) is 5.91 Å². The van der Waals surface area contributed by atoms with Crippen LogP contribution >= 0.6 is 0 Å². The highest BCUT2D eigenvalue weighted by Gasteiger charge is 2.18. The van der Waals surface area contributed by atoms with Crippen LogP contribution < -0.4 is 14.4 Å². The average molecular weight is 495 g/mol. The molecule has 186 valence electrons. The maximum atomic E-state index is 12.6. The molecule has 6 nitrogen and oxygen atoms in total. The van der Waals surface area contributed by atoms with Gasteiger partial charge in [-0.3, -0.25) is 9.10 Å². The van der Waals surface area contributed by atoms with Crippen molar-refractivity contribution in [3.05, 3.63) is 94.5 Å². The van der Waals surface area contributed by atoms with E-state index in [1.54, 1.807) is 24.3 Å². The predicted molar refractivity (Wildman–Crippen MR) is 142 cm³/mol. The first kappa shape index (κ1) is 26.3. The number of anilines is 1. The van der Waals surface area contributed by atoms with Crippen LogP contribution in [0.4, 0.5) is 5.69 Å². The zero-order chi connectivity index (χ0) is 25.4. The number of amides is 1. The summed E-state index contributed by atoms with van der Waals surface area (Å²) in [5.74, 6) is 0.740. The van der Waals surface area contributed by atoms with Crippen molar-refractivity contribution in [1.82, 2.24) is 5.32 Å². The fraction of sp³-hybridized carbons (Fsp3) is 0.321.